The van der Waals surface area contributed by atoms with Crippen LogP contribution in [0.2, 0.25) is 10.0 Å². The van der Waals surface area contributed by atoms with Crippen LogP contribution in [0.15, 0.2) is 46.3 Å². The van der Waals surface area contributed by atoms with Gasteiger partial charge in [0.25, 0.3) is 0 Å². The summed E-state index contributed by atoms with van der Waals surface area (Å²) in [6.07, 6.45) is 3.83. The molecule has 2 aliphatic heterocycles. The largest absolute Gasteiger partial charge is 0.598 e. The van der Waals surface area contributed by atoms with E-state index in [1.165, 1.54) is 0 Å². The van der Waals surface area contributed by atoms with E-state index in [4.69, 9.17) is 37.9 Å². The summed E-state index contributed by atoms with van der Waals surface area (Å²) in [5.74, 6) is 0.958. The number of aromatic nitrogens is 3. The first kappa shape index (κ1) is 26.7. The van der Waals surface area contributed by atoms with Gasteiger partial charge in [0.05, 0.1) is 39.9 Å². The van der Waals surface area contributed by atoms with Gasteiger partial charge in [0.1, 0.15) is 15.9 Å². The van der Waals surface area contributed by atoms with Gasteiger partial charge < -0.3 is 14.2 Å². The van der Waals surface area contributed by atoms with E-state index >= 15 is 0 Å². The van der Waals surface area contributed by atoms with Gasteiger partial charge in [0.2, 0.25) is 0 Å². The van der Waals surface area contributed by atoms with Crippen molar-refractivity contribution in [1.29, 1.82) is 0 Å². The number of benzene rings is 1. The third-order valence-electron chi connectivity index (χ3n) is 7.79. The molecule has 3 atom stereocenters. The number of piperidine rings is 1. The molecule has 4 aromatic rings. The number of ether oxygens (including phenoxy) is 1. The standard InChI is InChI=1S/C27H31Cl2N5O2S2/c1-16-23(32-38(35)26(2,3)4)27(15-36-16)10-12-33(13-11-27)24-18-14-30-25-20(8-9-21(31-24)34(18)25)37-19-7-5-6-17(28)22(19)29/h5-9,14,16,23,32H,10-13,15H2,1-4H3/t16-,23+,38?/m0/s1. The van der Waals surface area contributed by atoms with Crippen LogP contribution in [0.25, 0.3) is 16.8 Å². The molecule has 11 heteroatoms. The smallest absolute Gasteiger partial charge is 0.157 e. The minimum atomic E-state index is -1.14. The Morgan fingerprint density at radius 3 is 2.66 bits per heavy atom. The van der Waals surface area contributed by atoms with E-state index in [0.29, 0.717) is 16.7 Å². The molecule has 5 heterocycles. The molecule has 0 saturated carbocycles. The van der Waals surface area contributed by atoms with Crippen molar-refractivity contribution >= 4 is 69.0 Å². The van der Waals surface area contributed by atoms with Crippen LogP contribution in [0.3, 0.4) is 0 Å². The maximum atomic E-state index is 12.9. The number of anilines is 1. The second-order valence-electron chi connectivity index (χ2n) is 11.3. The summed E-state index contributed by atoms with van der Waals surface area (Å²) in [7, 11) is 0. The highest BCUT2D eigenvalue weighted by Crippen LogP contribution is 2.45. The van der Waals surface area contributed by atoms with Crippen LogP contribution in [-0.2, 0) is 16.1 Å². The molecule has 1 N–H and O–H groups in total. The Balaban J connectivity index is 1.24. The van der Waals surface area contributed by atoms with E-state index in [2.05, 4.69) is 20.9 Å². The lowest BCUT2D eigenvalue weighted by Crippen LogP contribution is -2.56. The number of imidazole rings is 2. The number of hydrogen-bond acceptors (Lipinski definition) is 7. The summed E-state index contributed by atoms with van der Waals surface area (Å²) >= 11 is 13.1. The molecule has 3 aromatic heterocycles. The molecule has 6 rings (SSSR count). The normalized spacial score (nSPS) is 22.8. The quantitative estimate of drug-likeness (QED) is 0.277. The van der Waals surface area contributed by atoms with Crippen LogP contribution in [0.5, 0.6) is 0 Å². The summed E-state index contributed by atoms with van der Waals surface area (Å²) < 4.78 is 24.3. The van der Waals surface area contributed by atoms with Crippen LogP contribution in [0.4, 0.5) is 5.82 Å². The van der Waals surface area contributed by atoms with E-state index in [1.54, 1.807) is 17.8 Å². The fourth-order valence-electron chi connectivity index (χ4n) is 5.57. The molecule has 0 amide bonds. The SMILES string of the molecule is C[C@@H]1OCC2(CCN(c3nc4ccc(Sc5cccc(Cl)c5Cl)c5ncc3n45)CC2)[C@@H]1N[S+]([O-])C(C)(C)C. The molecule has 0 aliphatic carbocycles. The zero-order chi connectivity index (χ0) is 26.8. The molecule has 1 spiro atoms. The third-order valence-corrected chi connectivity index (χ3v) is 11.4. The molecule has 7 nitrogen and oxygen atoms in total. The van der Waals surface area contributed by atoms with Crippen LogP contribution in [-0.4, -0.2) is 55.5 Å². The number of nitrogens with one attached hydrogen (secondary N) is 1. The van der Waals surface area contributed by atoms with E-state index < -0.39 is 11.4 Å². The van der Waals surface area contributed by atoms with E-state index in [1.807, 2.05) is 51.2 Å². The van der Waals surface area contributed by atoms with E-state index in [-0.39, 0.29) is 22.3 Å². The van der Waals surface area contributed by atoms with Crippen molar-refractivity contribution in [3.05, 3.63) is 46.6 Å². The lowest BCUT2D eigenvalue weighted by Gasteiger charge is -2.43. The maximum Gasteiger partial charge on any atom is 0.157 e. The zero-order valence-electron chi connectivity index (χ0n) is 21.8. The maximum absolute atomic E-state index is 12.9. The summed E-state index contributed by atoms with van der Waals surface area (Å²) in [6.45, 7) is 10.5. The number of hydrogen-bond donors (Lipinski definition) is 1. The lowest BCUT2D eigenvalue weighted by atomic mass is 9.73. The van der Waals surface area contributed by atoms with Crippen molar-refractivity contribution < 1.29 is 9.29 Å². The topological polar surface area (TPSA) is 77.8 Å². The first-order chi connectivity index (χ1) is 18.1. The highest BCUT2D eigenvalue weighted by atomic mass is 35.5. The van der Waals surface area contributed by atoms with Gasteiger partial charge in [0, 0.05) is 34.8 Å². The van der Waals surface area contributed by atoms with E-state index in [9.17, 15) is 4.55 Å². The Kier molecular flexibility index (Phi) is 6.95. The fourth-order valence-corrected chi connectivity index (χ4v) is 8.03. The van der Waals surface area contributed by atoms with Crippen molar-refractivity contribution in [1.82, 2.24) is 19.1 Å². The Hall–Kier alpha value is -1.46. The predicted molar refractivity (Wildman–Crippen MR) is 156 cm³/mol. The van der Waals surface area contributed by atoms with Gasteiger partial charge >= 0.3 is 0 Å². The number of nitrogens with zero attached hydrogens (tertiary/aromatic N) is 4. The van der Waals surface area contributed by atoms with Crippen LogP contribution >= 0.6 is 35.0 Å². The van der Waals surface area contributed by atoms with Gasteiger partial charge in [-0.3, -0.25) is 4.40 Å². The van der Waals surface area contributed by atoms with Gasteiger partial charge in [-0.05, 0) is 64.8 Å². The first-order valence-corrected chi connectivity index (χ1v) is 15.6. The Bertz CT molecular complexity index is 1470. The van der Waals surface area contributed by atoms with Crippen LogP contribution in [0, 0.1) is 5.41 Å². The molecule has 2 fully saturated rings. The molecule has 0 radical (unpaired) electrons. The summed E-state index contributed by atoms with van der Waals surface area (Å²) in [4.78, 5) is 14.0. The van der Waals surface area contributed by atoms with Gasteiger partial charge in [-0.15, -0.1) is 4.72 Å². The number of pyridine rings is 1. The highest BCUT2D eigenvalue weighted by Gasteiger charge is 2.52. The summed E-state index contributed by atoms with van der Waals surface area (Å²) in [5, 5.41) is 1.09. The molecule has 202 valence electrons. The molecular formula is C27H31Cl2N5O2S2. The Morgan fingerprint density at radius 2 is 1.92 bits per heavy atom. The van der Waals surface area contributed by atoms with Crippen LogP contribution < -0.4 is 9.62 Å². The van der Waals surface area contributed by atoms with Gasteiger partial charge in [0.15, 0.2) is 11.5 Å². The second kappa shape index (κ2) is 9.87. The highest BCUT2D eigenvalue weighted by molar-refractivity contribution is 7.99. The van der Waals surface area contributed by atoms with Crippen molar-refractivity contribution in [3.63, 3.8) is 0 Å². The zero-order valence-corrected chi connectivity index (χ0v) is 25.0. The summed E-state index contributed by atoms with van der Waals surface area (Å²) in [6, 6.07) is 9.80. The average molecular weight is 593 g/mol. The molecule has 2 aliphatic rings. The lowest BCUT2D eigenvalue weighted by molar-refractivity contribution is 0.0973. The fraction of sp³-hybridized carbons (Fsp3) is 0.481. The minimum absolute atomic E-state index is 0.0271. The number of rotatable bonds is 5. The molecule has 1 unspecified atom stereocenters. The molecule has 2 saturated heterocycles. The minimum Gasteiger partial charge on any atom is -0.598 e. The molecule has 1 aromatic carbocycles. The van der Waals surface area contributed by atoms with Crippen molar-refractivity contribution in [3.8, 4) is 0 Å². The van der Waals surface area contributed by atoms with Gasteiger partial charge in [-0.1, -0.05) is 41.0 Å². The predicted octanol–water partition coefficient (Wildman–Crippen LogP) is 6.20. The molecular weight excluding hydrogens is 561 g/mol. The van der Waals surface area contributed by atoms with Crippen molar-refractivity contribution in [2.24, 2.45) is 5.41 Å². The van der Waals surface area contributed by atoms with Crippen LogP contribution in [0.1, 0.15) is 40.5 Å². The molecule has 38 heavy (non-hydrogen) atoms. The van der Waals surface area contributed by atoms with E-state index in [0.717, 1.165) is 58.4 Å². The number of halogens is 2. The third kappa shape index (κ3) is 4.54. The summed E-state index contributed by atoms with van der Waals surface area (Å²) in [5.41, 5.74) is 2.71. The first-order valence-electron chi connectivity index (χ1n) is 12.8. The van der Waals surface area contributed by atoms with Crippen molar-refractivity contribution in [2.45, 2.75) is 67.2 Å². The second-order valence-corrected chi connectivity index (χ2v) is 15.2. The monoisotopic (exact) mass is 591 g/mol. The Labute approximate surface area is 240 Å². The average Bonchev–Trinajstić information content (AvgIpc) is 3.56. The van der Waals surface area contributed by atoms with Gasteiger partial charge in [-0.25, -0.2) is 9.97 Å². The molecule has 0 bridgehead atoms. The van der Waals surface area contributed by atoms with Crippen molar-refractivity contribution in [2.75, 3.05) is 24.6 Å². The Morgan fingerprint density at radius 1 is 1.16 bits per heavy atom. The van der Waals surface area contributed by atoms with Gasteiger partial charge in [-0.2, -0.15) is 0 Å².